The molecule has 0 radical (unpaired) electrons. The van der Waals surface area contributed by atoms with Crippen molar-refractivity contribution in [2.45, 2.75) is 6.92 Å². The van der Waals surface area contributed by atoms with E-state index in [4.69, 9.17) is 9.47 Å². The molecule has 5 heteroatoms. The van der Waals surface area contributed by atoms with Crippen LogP contribution in [0.1, 0.15) is 5.69 Å². The van der Waals surface area contributed by atoms with E-state index in [1.165, 1.54) is 0 Å². The van der Waals surface area contributed by atoms with Gasteiger partial charge in [0.05, 0.1) is 25.3 Å². The molecular formula is C19H17N3O2. The number of pyridine rings is 1. The summed E-state index contributed by atoms with van der Waals surface area (Å²) in [6.07, 6.45) is 0. The third kappa shape index (κ3) is 2.09. The first-order valence-corrected chi connectivity index (χ1v) is 7.68. The smallest absolute Gasteiger partial charge is 0.182 e. The Bertz CT molecular complexity index is 1040. The lowest BCUT2D eigenvalue weighted by Crippen LogP contribution is -1.93. The zero-order valence-electron chi connectivity index (χ0n) is 13.8. The van der Waals surface area contributed by atoms with Crippen LogP contribution in [0.15, 0.2) is 42.5 Å². The van der Waals surface area contributed by atoms with Crippen molar-refractivity contribution in [2.24, 2.45) is 0 Å². The Balaban J connectivity index is 2.13. The molecule has 0 aliphatic rings. The molecule has 0 spiro atoms. The largest absolute Gasteiger partial charge is 0.493 e. The number of benzene rings is 2. The lowest BCUT2D eigenvalue weighted by atomic mass is 10.0. The van der Waals surface area contributed by atoms with Crippen LogP contribution in [0.25, 0.3) is 33.1 Å². The van der Waals surface area contributed by atoms with Crippen LogP contribution in [0.2, 0.25) is 0 Å². The number of fused-ring (bicyclic) bond motifs is 3. The van der Waals surface area contributed by atoms with E-state index in [1.54, 1.807) is 14.2 Å². The van der Waals surface area contributed by atoms with Crippen LogP contribution in [0, 0.1) is 6.92 Å². The van der Waals surface area contributed by atoms with E-state index < -0.39 is 0 Å². The SMILES string of the molecule is COc1cc2c(C)nc3n[nH]c(-c4ccccc4)c3c2cc1OC. The molecule has 0 aliphatic heterocycles. The fourth-order valence-electron chi connectivity index (χ4n) is 3.09. The number of nitrogens with one attached hydrogen (secondary N) is 1. The zero-order chi connectivity index (χ0) is 16.7. The van der Waals surface area contributed by atoms with Crippen molar-refractivity contribution in [3.05, 3.63) is 48.2 Å². The predicted molar refractivity (Wildman–Crippen MR) is 94.7 cm³/mol. The molecule has 2 aromatic carbocycles. The molecule has 0 fully saturated rings. The van der Waals surface area contributed by atoms with Crippen molar-refractivity contribution in [1.29, 1.82) is 0 Å². The summed E-state index contributed by atoms with van der Waals surface area (Å²) >= 11 is 0. The van der Waals surface area contributed by atoms with Gasteiger partial charge >= 0.3 is 0 Å². The number of aromatic amines is 1. The summed E-state index contributed by atoms with van der Waals surface area (Å²) in [5, 5.41) is 10.6. The van der Waals surface area contributed by atoms with Crippen molar-refractivity contribution < 1.29 is 9.47 Å². The standard InChI is InChI=1S/C19H17N3O2/c1-11-13-9-15(23-2)16(24-3)10-14(13)17-18(21-22-19(17)20-11)12-7-5-4-6-8-12/h4-10H,1-3H3,(H,20,21,22). The fraction of sp³-hybridized carbons (Fsp3) is 0.158. The first-order valence-electron chi connectivity index (χ1n) is 7.68. The van der Waals surface area contributed by atoms with E-state index in [0.717, 1.165) is 33.1 Å². The molecule has 120 valence electrons. The minimum Gasteiger partial charge on any atom is -0.493 e. The topological polar surface area (TPSA) is 60.0 Å². The number of hydrogen-bond acceptors (Lipinski definition) is 4. The molecule has 0 amide bonds. The van der Waals surface area contributed by atoms with Gasteiger partial charge in [-0.2, -0.15) is 5.10 Å². The molecule has 0 saturated carbocycles. The van der Waals surface area contributed by atoms with Crippen molar-refractivity contribution in [3.63, 3.8) is 0 Å². The maximum Gasteiger partial charge on any atom is 0.182 e. The van der Waals surface area contributed by atoms with E-state index in [0.29, 0.717) is 17.1 Å². The van der Waals surface area contributed by atoms with Crippen LogP contribution >= 0.6 is 0 Å². The number of hydrogen-bond donors (Lipinski definition) is 1. The van der Waals surface area contributed by atoms with Crippen LogP contribution < -0.4 is 9.47 Å². The number of rotatable bonds is 3. The zero-order valence-corrected chi connectivity index (χ0v) is 13.8. The number of methoxy groups -OCH3 is 2. The highest BCUT2D eigenvalue weighted by molar-refractivity contribution is 6.12. The highest BCUT2D eigenvalue weighted by Gasteiger charge is 2.17. The summed E-state index contributed by atoms with van der Waals surface area (Å²) in [7, 11) is 3.28. The number of H-pyrrole nitrogens is 1. The van der Waals surface area contributed by atoms with Gasteiger partial charge in [-0.3, -0.25) is 5.10 Å². The Morgan fingerprint density at radius 2 is 1.58 bits per heavy atom. The molecule has 0 unspecified atom stereocenters. The van der Waals surface area contributed by atoms with Gasteiger partial charge in [-0.25, -0.2) is 4.98 Å². The van der Waals surface area contributed by atoms with Crippen LogP contribution in [-0.4, -0.2) is 29.4 Å². The summed E-state index contributed by atoms with van der Waals surface area (Å²) in [5.74, 6) is 1.39. The molecule has 0 atom stereocenters. The monoisotopic (exact) mass is 319 g/mol. The third-order valence-corrected chi connectivity index (χ3v) is 4.27. The van der Waals surface area contributed by atoms with E-state index >= 15 is 0 Å². The second kappa shape index (κ2) is 5.53. The minimum absolute atomic E-state index is 0.692. The summed E-state index contributed by atoms with van der Waals surface area (Å²) in [6, 6.07) is 14.1. The molecule has 5 nitrogen and oxygen atoms in total. The van der Waals surface area contributed by atoms with Crippen LogP contribution in [0.4, 0.5) is 0 Å². The molecular weight excluding hydrogens is 302 g/mol. The second-order valence-corrected chi connectivity index (χ2v) is 5.61. The summed E-state index contributed by atoms with van der Waals surface area (Å²) < 4.78 is 10.9. The quantitative estimate of drug-likeness (QED) is 0.617. The van der Waals surface area contributed by atoms with Gasteiger partial charge in [-0.05, 0) is 19.1 Å². The molecule has 0 saturated heterocycles. The highest BCUT2D eigenvalue weighted by atomic mass is 16.5. The van der Waals surface area contributed by atoms with Gasteiger partial charge in [0.1, 0.15) is 0 Å². The average Bonchev–Trinajstić information content (AvgIpc) is 3.05. The van der Waals surface area contributed by atoms with E-state index in [9.17, 15) is 0 Å². The van der Waals surface area contributed by atoms with Gasteiger partial charge in [-0.15, -0.1) is 0 Å². The van der Waals surface area contributed by atoms with Crippen LogP contribution in [0.3, 0.4) is 0 Å². The fourth-order valence-corrected chi connectivity index (χ4v) is 3.09. The lowest BCUT2D eigenvalue weighted by Gasteiger charge is -2.11. The maximum absolute atomic E-state index is 5.48. The van der Waals surface area contributed by atoms with Crippen LogP contribution in [-0.2, 0) is 0 Å². The number of aryl methyl sites for hydroxylation is 1. The van der Waals surface area contributed by atoms with Gasteiger partial charge in [0.2, 0.25) is 0 Å². The first kappa shape index (κ1) is 14.5. The molecule has 0 bridgehead atoms. The molecule has 1 N–H and O–H groups in total. The maximum atomic E-state index is 5.48. The van der Waals surface area contributed by atoms with Crippen molar-refractivity contribution in [1.82, 2.24) is 15.2 Å². The van der Waals surface area contributed by atoms with Gasteiger partial charge in [0.15, 0.2) is 17.1 Å². The average molecular weight is 319 g/mol. The normalized spacial score (nSPS) is 11.1. The Morgan fingerprint density at radius 1 is 0.917 bits per heavy atom. The summed E-state index contributed by atoms with van der Waals surface area (Å²) in [4.78, 5) is 4.64. The Kier molecular flexibility index (Phi) is 3.34. The van der Waals surface area contributed by atoms with E-state index in [2.05, 4.69) is 27.3 Å². The van der Waals surface area contributed by atoms with Crippen molar-refractivity contribution in [3.8, 4) is 22.8 Å². The first-order chi connectivity index (χ1) is 11.7. The number of ether oxygens (including phenoxy) is 2. The summed E-state index contributed by atoms with van der Waals surface area (Å²) in [5.41, 5.74) is 3.63. The molecule has 2 heterocycles. The van der Waals surface area contributed by atoms with Crippen molar-refractivity contribution >= 4 is 21.8 Å². The van der Waals surface area contributed by atoms with Gasteiger partial charge in [-0.1, -0.05) is 30.3 Å². The second-order valence-electron chi connectivity index (χ2n) is 5.61. The van der Waals surface area contributed by atoms with Gasteiger partial charge in [0, 0.05) is 22.0 Å². The van der Waals surface area contributed by atoms with Crippen molar-refractivity contribution in [2.75, 3.05) is 14.2 Å². The molecule has 4 aromatic rings. The van der Waals surface area contributed by atoms with Crippen LogP contribution in [0.5, 0.6) is 11.5 Å². The Morgan fingerprint density at radius 3 is 2.25 bits per heavy atom. The van der Waals surface area contributed by atoms with E-state index in [1.807, 2.05) is 37.3 Å². The Hall–Kier alpha value is -3.08. The van der Waals surface area contributed by atoms with E-state index in [-0.39, 0.29) is 0 Å². The number of nitrogens with zero attached hydrogens (tertiary/aromatic N) is 2. The molecule has 24 heavy (non-hydrogen) atoms. The lowest BCUT2D eigenvalue weighted by molar-refractivity contribution is 0.356. The summed E-state index contributed by atoms with van der Waals surface area (Å²) in [6.45, 7) is 1.98. The Labute approximate surface area is 139 Å². The molecule has 0 aliphatic carbocycles. The molecule has 2 aromatic heterocycles. The highest BCUT2D eigenvalue weighted by Crippen LogP contribution is 2.38. The third-order valence-electron chi connectivity index (χ3n) is 4.27. The van der Waals surface area contributed by atoms with Gasteiger partial charge < -0.3 is 9.47 Å². The van der Waals surface area contributed by atoms with Gasteiger partial charge in [0.25, 0.3) is 0 Å². The minimum atomic E-state index is 0.692. The number of aromatic nitrogens is 3. The molecule has 4 rings (SSSR count). The predicted octanol–water partition coefficient (Wildman–Crippen LogP) is 4.10.